The summed E-state index contributed by atoms with van der Waals surface area (Å²) < 4.78 is 89.2. The van der Waals surface area contributed by atoms with Gasteiger partial charge < -0.3 is 19.4 Å². The van der Waals surface area contributed by atoms with E-state index in [4.69, 9.17) is 9.47 Å². The fraction of sp³-hybridized carbons (Fsp3) is 0.286. The first-order valence-electron chi connectivity index (χ1n) is 18.5. The number of fused-ring (bicyclic) bond motifs is 2. The Kier molecular flexibility index (Phi) is 11.3. The highest BCUT2D eigenvalue weighted by molar-refractivity contribution is 7.88. The molecule has 0 fully saturated rings. The summed E-state index contributed by atoms with van der Waals surface area (Å²) in [4.78, 5) is 15.5. The SMILES string of the molecule is COc1ccc(F)cc1-c1ccnc2[nH]c(C3=CCN(S(C)(=O)=O)[C@@H](C)C3)cc12.COc1ccc(F)cc1-c1ccnc2[nH]c(C3=C[C@H](C)N(S(C)(=O)=O)CC3)cc12. The maximum Gasteiger partial charge on any atom is 0.211 e. The van der Waals surface area contributed by atoms with Crippen LogP contribution in [0.2, 0.25) is 0 Å². The van der Waals surface area contributed by atoms with Gasteiger partial charge in [0.1, 0.15) is 34.4 Å². The fourth-order valence-electron chi connectivity index (χ4n) is 7.80. The number of aromatic nitrogens is 4. The van der Waals surface area contributed by atoms with Crippen LogP contribution in [0.25, 0.3) is 55.5 Å². The minimum Gasteiger partial charge on any atom is -0.496 e. The Hall–Kier alpha value is -5.42. The van der Waals surface area contributed by atoms with E-state index in [2.05, 4.69) is 19.9 Å². The zero-order chi connectivity index (χ0) is 41.5. The topological polar surface area (TPSA) is 151 Å². The molecule has 304 valence electrons. The average molecular weight is 831 g/mol. The molecule has 2 atom stereocenters. The van der Waals surface area contributed by atoms with E-state index in [1.165, 1.54) is 45.4 Å². The molecule has 0 bridgehead atoms. The van der Waals surface area contributed by atoms with Crippen molar-refractivity contribution >= 4 is 53.3 Å². The molecule has 8 rings (SSSR count). The maximum atomic E-state index is 13.9. The highest BCUT2D eigenvalue weighted by atomic mass is 32.2. The molecule has 6 aromatic rings. The molecule has 16 heteroatoms. The van der Waals surface area contributed by atoms with Crippen molar-refractivity contribution in [2.45, 2.75) is 38.8 Å². The van der Waals surface area contributed by atoms with Gasteiger partial charge in [-0.3, -0.25) is 0 Å². The number of ether oxygens (including phenoxy) is 2. The van der Waals surface area contributed by atoms with E-state index in [-0.39, 0.29) is 23.7 Å². The minimum atomic E-state index is -3.24. The van der Waals surface area contributed by atoms with E-state index in [0.29, 0.717) is 59.9 Å². The molecular formula is C42H44F2N6O6S2. The molecule has 2 N–H and O–H groups in total. The van der Waals surface area contributed by atoms with Crippen molar-refractivity contribution in [3.8, 4) is 33.8 Å². The lowest BCUT2D eigenvalue weighted by Gasteiger charge is -2.30. The summed E-state index contributed by atoms with van der Waals surface area (Å²) in [5.41, 5.74) is 8.14. The summed E-state index contributed by atoms with van der Waals surface area (Å²) in [6, 6.07) is 16.1. The Morgan fingerprint density at radius 1 is 0.690 bits per heavy atom. The third-order valence-electron chi connectivity index (χ3n) is 10.5. The Morgan fingerprint density at radius 2 is 1.19 bits per heavy atom. The van der Waals surface area contributed by atoms with E-state index in [9.17, 15) is 25.6 Å². The zero-order valence-corrected chi connectivity index (χ0v) is 34.5. The van der Waals surface area contributed by atoms with Crippen molar-refractivity contribution in [1.29, 1.82) is 0 Å². The van der Waals surface area contributed by atoms with Crippen molar-refractivity contribution in [3.05, 3.63) is 108 Å². The Morgan fingerprint density at radius 3 is 1.64 bits per heavy atom. The highest BCUT2D eigenvalue weighted by Gasteiger charge is 2.29. The van der Waals surface area contributed by atoms with Crippen LogP contribution in [0.1, 0.15) is 38.1 Å². The van der Waals surface area contributed by atoms with Gasteiger partial charge in [-0.2, -0.15) is 8.61 Å². The number of benzene rings is 2. The number of nitrogens with zero attached hydrogens (tertiary/aromatic N) is 4. The second kappa shape index (κ2) is 16.1. The molecule has 6 heterocycles. The predicted octanol–water partition coefficient (Wildman–Crippen LogP) is 7.63. The molecule has 0 saturated heterocycles. The molecule has 0 saturated carbocycles. The number of rotatable bonds is 8. The molecule has 2 aliphatic heterocycles. The molecule has 0 radical (unpaired) electrons. The summed E-state index contributed by atoms with van der Waals surface area (Å²) in [5.74, 6) is 0.476. The van der Waals surface area contributed by atoms with Gasteiger partial charge in [0.25, 0.3) is 0 Å². The number of hydrogen-bond donors (Lipinski definition) is 2. The van der Waals surface area contributed by atoms with Gasteiger partial charge in [0.2, 0.25) is 20.0 Å². The van der Waals surface area contributed by atoms with E-state index in [1.54, 1.807) is 38.7 Å². The number of methoxy groups -OCH3 is 2. The van der Waals surface area contributed by atoms with Gasteiger partial charge in [-0.15, -0.1) is 0 Å². The lowest BCUT2D eigenvalue weighted by atomic mass is 9.99. The van der Waals surface area contributed by atoms with Gasteiger partial charge in [0.05, 0.1) is 26.7 Å². The summed E-state index contributed by atoms with van der Waals surface area (Å²) in [6.07, 6.45) is 10.9. The van der Waals surface area contributed by atoms with Gasteiger partial charge in [-0.05, 0) is 110 Å². The second-order valence-electron chi connectivity index (χ2n) is 14.5. The Balaban J connectivity index is 0.000000177. The molecule has 0 unspecified atom stereocenters. The van der Waals surface area contributed by atoms with E-state index < -0.39 is 20.0 Å². The van der Waals surface area contributed by atoms with Crippen LogP contribution in [0.4, 0.5) is 8.78 Å². The quantitative estimate of drug-likeness (QED) is 0.159. The zero-order valence-electron chi connectivity index (χ0n) is 32.9. The molecule has 4 aromatic heterocycles. The number of H-pyrrole nitrogens is 2. The van der Waals surface area contributed by atoms with Crippen LogP contribution in [-0.2, 0) is 20.0 Å². The van der Waals surface area contributed by atoms with E-state index in [1.807, 2.05) is 50.3 Å². The standard InChI is InChI=1S/2C21H22FN3O3S/c2*1-13-10-14(7-9-25(13)29(3,26)27)19-12-18-16(6-8-23-21(18)24-19)17-11-15(22)4-5-20(17)28-2/h4-6,8,10-13H,7,9H2,1-3H3,(H,23,24);4-8,11-13H,9-10H2,1-3H3,(H,23,24)/t2*13-/m00/s1. The van der Waals surface area contributed by atoms with Crippen LogP contribution in [-0.4, -0.2) is 97.3 Å². The first-order valence-corrected chi connectivity index (χ1v) is 22.2. The Labute approximate surface area is 336 Å². The number of pyridine rings is 2. The number of sulfonamides is 2. The smallest absolute Gasteiger partial charge is 0.211 e. The van der Waals surface area contributed by atoms with Crippen LogP contribution in [0.15, 0.2) is 85.2 Å². The summed E-state index contributed by atoms with van der Waals surface area (Å²) in [5, 5.41) is 1.70. The third kappa shape index (κ3) is 8.27. The third-order valence-corrected chi connectivity index (χ3v) is 13.3. The molecule has 0 amide bonds. The van der Waals surface area contributed by atoms with Crippen LogP contribution in [0, 0.1) is 11.6 Å². The van der Waals surface area contributed by atoms with Gasteiger partial charge in [-0.25, -0.2) is 35.6 Å². The molecule has 58 heavy (non-hydrogen) atoms. The van der Waals surface area contributed by atoms with Gasteiger partial charge in [0.15, 0.2) is 0 Å². The van der Waals surface area contributed by atoms with Gasteiger partial charge >= 0.3 is 0 Å². The lowest BCUT2D eigenvalue weighted by molar-refractivity contribution is 0.360. The summed E-state index contributed by atoms with van der Waals surface area (Å²) >= 11 is 0. The van der Waals surface area contributed by atoms with E-state index in [0.717, 1.165) is 44.4 Å². The second-order valence-corrected chi connectivity index (χ2v) is 18.3. The van der Waals surface area contributed by atoms with E-state index >= 15 is 0 Å². The number of hydrogen-bond acceptors (Lipinski definition) is 8. The fourth-order valence-corrected chi connectivity index (χ4v) is 9.96. The Bertz CT molecular complexity index is 2790. The first-order chi connectivity index (χ1) is 27.5. The van der Waals surface area contributed by atoms with Crippen LogP contribution >= 0.6 is 0 Å². The van der Waals surface area contributed by atoms with Crippen molar-refractivity contribution in [1.82, 2.24) is 28.5 Å². The molecule has 2 aromatic carbocycles. The van der Waals surface area contributed by atoms with Crippen molar-refractivity contribution in [2.75, 3.05) is 39.8 Å². The number of aromatic amines is 2. The lowest BCUT2D eigenvalue weighted by Crippen LogP contribution is -2.40. The van der Waals surface area contributed by atoms with Crippen molar-refractivity contribution in [3.63, 3.8) is 0 Å². The van der Waals surface area contributed by atoms with Crippen LogP contribution < -0.4 is 9.47 Å². The minimum absolute atomic E-state index is 0.132. The van der Waals surface area contributed by atoms with Gasteiger partial charge in [0, 0.05) is 70.9 Å². The number of halogens is 2. The molecule has 0 spiro atoms. The predicted molar refractivity (Wildman–Crippen MR) is 223 cm³/mol. The largest absolute Gasteiger partial charge is 0.496 e. The van der Waals surface area contributed by atoms with Crippen molar-refractivity contribution < 1.29 is 35.1 Å². The monoisotopic (exact) mass is 830 g/mol. The average Bonchev–Trinajstić information content (AvgIpc) is 3.82. The van der Waals surface area contributed by atoms with Crippen LogP contribution in [0.3, 0.4) is 0 Å². The molecule has 2 aliphatic rings. The van der Waals surface area contributed by atoms with Crippen LogP contribution in [0.5, 0.6) is 11.5 Å². The van der Waals surface area contributed by atoms with Gasteiger partial charge in [-0.1, -0.05) is 12.2 Å². The molecule has 0 aliphatic carbocycles. The van der Waals surface area contributed by atoms with Crippen molar-refractivity contribution in [2.24, 2.45) is 0 Å². The maximum absolute atomic E-state index is 13.9. The number of nitrogens with one attached hydrogen (secondary N) is 2. The highest BCUT2D eigenvalue weighted by Crippen LogP contribution is 2.39. The summed E-state index contributed by atoms with van der Waals surface area (Å²) in [7, 11) is -3.38. The summed E-state index contributed by atoms with van der Waals surface area (Å²) in [6.45, 7) is 4.53. The molecular weight excluding hydrogens is 787 g/mol. The normalized spacial score (nSPS) is 18.1. The first kappa shape index (κ1) is 40.8. The molecule has 12 nitrogen and oxygen atoms in total.